The maximum atomic E-state index is 4.65. The summed E-state index contributed by atoms with van der Waals surface area (Å²) in [4.78, 5) is 4.65. The van der Waals surface area contributed by atoms with E-state index in [4.69, 9.17) is 0 Å². The van der Waals surface area contributed by atoms with Gasteiger partial charge in [0.1, 0.15) is 5.49 Å². The largest absolute Gasteiger partial charge is 0.336 e. The molecule has 0 spiro atoms. The first kappa shape index (κ1) is 10.8. The number of benzene rings is 2. The first-order chi connectivity index (χ1) is 8.83. The van der Waals surface area contributed by atoms with Crippen molar-refractivity contribution in [2.24, 2.45) is 12.0 Å². The van der Waals surface area contributed by atoms with E-state index in [2.05, 4.69) is 47.5 Å². The highest BCUT2D eigenvalue weighted by atomic mass is 15.0. The van der Waals surface area contributed by atoms with Gasteiger partial charge in [-0.25, -0.2) is 4.99 Å². The number of aryl methyl sites for hydroxylation is 1. The van der Waals surface area contributed by atoms with Crippen LogP contribution in [0.4, 0.5) is 5.69 Å². The minimum atomic E-state index is 0.952. The van der Waals surface area contributed by atoms with Gasteiger partial charge < -0.3 is 4.57 Å². The van der Waals surface area contributed by atoms with Gasteiger partial charge in [-0.2, -0.15) is 0 Å². The fourth-order valence-corrected chi connectivity index (χ4v) is 2.01. The summed E-state index contributed by atoms with van der Waals surface area (Å²) in [5.41, 5.74) is 1.93. The number of rotatable bonds is 1. The molecule has 88 valence electrons. The predicted octanol–water partition coefficient (Wildman–Crippen LogP) is 3.41. The van der Waals surface area contributed by atoms with Crippen LogP contribution in [0.2, 0.25) is 0 Å². The lowest BCUT2D eigenvalue weighted by Crippen LogP contribution is -2.15. The molecule has 0 aliphatic rings. The van der Waals surface area contributed by atoms with Gasteiger partial charge in [-0.3, -0.25) is 0 Å². The van der Waals surface area contributed by atoms with Crippen LogP contribution in [0.25, 0.3) is 10.8 Å². The van der Waals surface area contributed by atoms with Crippen molar-refractivity contribution in [3.63, 3.8) is 0 Å². The Kier molecular flexibility index (Phi) is 2.69. The van der Waals surface area contributed by atoms with Crippen LogP contribution in [0.15, 0.2) is 71.9 Å². The maximum Gasteiger partial charge on any atom is 0.132 e. The van der Waals surface area contributed by atoms with E-state index in [1.54, 1.807) is 0 Å². The van der Waals surface area contributed by atoms with E-state index >= 15 is 0 Å². The number of aromatic nitrogens is 1. The Labute approximate surface area is 106 Å². The highest BCUT2D eigenvalue weighted by Gasteiger charge is 1.94. The molecule has 1 heterocycles. The van der Waals surface area contributed by atoms with Crippen molar-refractivity contribution >= 4 is 16.5 Å². The average molecular weight is 234 g/mol. The van der Waals surface area contributed by atoms with Crippen molar-refractivity contribution in [2.75, 3.05) is 0 Å². The minimum absolute atomic E-state index is 0.952. The summed E-state index contributed by atoms with van der Waals surface area (Å²) in [5.74, 6) is 0. The molecule has 2 nitrogen and oxygen atoms in total. The van der Waals surface area contributed by atoms with Gasteiger partial charge in [0, 0.05) is 13.2 Å². The number of hydrogen-bond donors (Lipinski definition) is 0. The lowest BCUT2D eigenvalue weighted by Gasteiger charge is -2.01. The molecule has 0 unspecified atom stereocenters. The third-order valence-corrected chi connectivity index (χ3v) is 3.00. The normalized spacial score (nSPS) is 11.9. The molecule has 0 N–H and O–H groups in total. The second kappa shape index (κ2) is 4.49. The van der Waals surface area contributed by atoms with Gasteiger partial charge in [-0.05, 0) is 35.0 Å². The Balaban J connectivity index is 2.16. The number of fused-ring (bicyclic) bond motifs is 1. The van der Waals surface area contributed by atoms with Crippen LogP contribution in [-0.4, -0.2) is 4.57 Å². The molecule has 0 radical (unpaired) electrons. The zero-order valence-corrected chi connectivity index (χ0v) is 10.2. The molecular weight excluding hydrogens is 220 g/mol. The molecule has 3 aromatic rings. The van der Waals surface area contributed by atoms with Gasteiger partial charge in [0.2, 0.25) is 0 Å². The topological polar surface area (TPSA) is 17.3 Å². The van der Waals surface area contributed by atoms with E-state index in [9.17, 15) is 0 Å². The standard InChI is InChI=1S/C16H14N2/c1-18-11-5-4-8-16(18)17-15-10-9-13-6-2-3-7-14(13)12-15/h2-12H,1H3. The third kappa shape index (κ3) is 2.05. The van der Waals surface area contributed by atoms with E-state index in [0.717, 1.165) is 11.2 Å². The fraction of sp³-hybridized carbons (Fsp3) is 0.0625. The Morgan fingerprint density at radius 3 is 2.44 bits per heavy atom. The van der Waals surface area contributed by atoms with Gasteiger partial charge in [-0.1, -0.05) is 36.4 Å². The fourth-order valence-electron chi connectivity index (χ4n) is 2.01. The Hall–Kier alpha value is -2.35. The highest BCUT2D eigenvalue weighted by molar-refractivity contribution is 5.85. The van der Waals surface area contributed by atoms with Crippen molar-refractivity contribution in [3.05, 3.63) is 72.3 Å². The van der Waals surface area contributed by atoms with E-state index < -0.39 is 0 Å². The lowest BCUT2D eigenvalue weighted by atomic mass is 10.1. The first-order valence-corrected chi connectivity index (χ1v) is 5.98. The lowest BCUT2D eigenvalue weighted by molar-refractivity contribution is 0.835. The van der Waals surface area contributed by atoms with Crippen LogP contribution < -0.4 is 5.49 Å². The number of nitrogens with zero attached hydrogens (tertiary/aromatic N) is 2. The smallest absolute Gasteiger partial charge is 0.132 e. The quantitative estimate of drug-likeness (QED) is 0.614. The molecule has 0 saturated heterocycles. The zero-order valence-electron chi connectivity index (χ0n) is 10.2. The Morgan fingerprint density at radius 2 is 1.61 bits per heavy atom. The van der Waals surface area contributed by atoms with Crippen LogP contribution in [-0.2, 0) is 7.05 Å². The Morgan fingerprint density at radius 1 is 0.833 bits per heavy atom. The number of hydrogen-bond acceptors (Lipinski definition) is 1. The Bertz CT molecular complexity index is 754. The summed E-state index contributed by atoms with van der Waals surface area (Å²) in [6.45, 7) is 0. The highest BCUT2D eigenvalue weighted by Crippen LogP contribution is 2.20. The molecule has 0 aliphatic carbocycles. The first-order valence-electron chi connectivity index (χ1n) is 5.98. The molecule has 0 aliphatic heterocycles. The van der Waals surface area contributed by atoms with Crippen molar-refractivity contribution in [1.29, 1.82) is 0 Å². The van der Waals surface area contributed by atoms with Gasteiger partial charge in [0.15, 0.2) is 0 Å². The second-order valence-corrected chi connectivity index (χ2v) is 4.31. The van der Waals surface area contributed by atoms with E-state index in [1.165, 1.54) is 10.8 Å². The average Bonchev–Trinajstić information content (AvgIpc) is 2.41. The molecule has 0 amide bonds. The van der Waals surface area contributed by atoms with Crippen molar-refractivity contribution < 1.29 is 0 Å². The van der Waals surface area contributed by atoms with Crippen LogP contribution in [0.3, 0.4) is 0 Å². The van der Waals surface area contributed by atoms with Crippen molar-refractivity contribution in [2.45, 2.75) is 0 Å². The molecule has 0 saturated carbocycles. The van der Waals surface area contributed by atoms with Gasteiger partial charge >= 0.3 is 0 Å². The second-order valence-electron chi connectivity index (χ2n) is 4.31. The van der Waals surface area contributed by atoms with Crippen LogP contribution >= 0.6 is 0 Å². The van der Waals surface area contributed by atoms with Gasteiger partial charge in [0.25, 0.3) is 0 Å². The SMILES string of the molecule is Cn1ccccc1=Nc1ccc2ccccc2c1. The maximum absolute atomic E-state index is 4.65. The van der Waals surface area contributed by atoms with E-state index in [0.29, 0.717) is 0 Å². The molecule has 0 fully saturated rings. The van der Waals surface area contributed by atoms with E-state index in [-0.39, 0.29) is 0 Å². The monoisotopic (exact) mass is 234 g/mol. The van der Waals surface area contributed by atoms with Crippen molar-refractivity contribution in [3.8, 4) is 0 Å². The molecular formula is C16H14N2. The summed E-state index contributed by atoms with van der Waals surface area (Å²) < 4.78 is 2.01. The van der Waals surface area contributed by atoms with Gasteiger partial charge in [0.05, 0.1) is 5.69 Å². The molecule has 1 aromatic heterocycles. The predicted molar refractivity (Wildman–Crippen MR) is 74.6 cm³/mol. The van der Waals surface area contributed by atoms with E-state index in [1.807, 2.05) is 36.0 Å². The molecule has 18 heavy (non-hydrogen) atoms. The zero-order chi connectivity index (χ0) is 12.4. The van der Waals surface area contributed by atoms with Crippen molar-refractivity contribution in [1.82, 2.24) is 4.57 Å². The minimum Gasteiger partial charge on any atom is -0.336 e. The molecule has 2 aromatic carbocycles. The summed E-state index contributed by atoms with van der Waals surface area (Å²) in [7, 11) is 2.00. The molecule has 2 heteroatoms. The van der Waals surface area contributed by atoms with Crippen LogP contribution in [0, 0.1) is 0 Å². The van der Waals surface area contributed by atoms with Gasteiger partial charge in [-0.15, -0.1) is 0 Å². The summed E-state index contributed by atoms with van der Waals surface area (Å²) in [5, 5.41) is 2.46. The summed E-state index contributed by atoms with van der Waals surface area (Å²) in [6, 6.07) is 20.6. The summed E-state index contributed by atoms with van der Waals surface area (Å²) in [6.07, 6.45) is 2.00. The van der Waals surface area contributed by atoms with Crippen LogP contribution in [0.5, 0.6) is 0 Å². The van der Waals surface area contributed by atoms with Crippen LogP contribution in [0.1, 0.15) is 0 Å². The summed E-state index contributed by atoms with van der Waals surface area (Å²) >= 11 is 0. The molecule has 0 bridgehead atoms. The number of pyridine rings is 1. The molecule has 0 atom stereocenters. The third-order valence-electron chi connectivity index (χ3n) is 3.00. The molecule has 3 rings (SSSR count).